The Morgan fingerprint density at radius 1 is 1.26 bits per heavy atom. The van der Waals surface area contributed by atoms with E-state index in [0.29, 0.717) is 21.1 Å². The lowest BCUT2D eigenvalue weighted by atomic mass is 10.2. The van der Waals surface area contributed by atoms with Crippen molar-refractivity contribution in [2.75, 3.05) is 5.32 Å². The van der Waals surface area contributed by atoms with Crippen molar-refractivity contribution in [3.8, 4) is 0 Å². The van der Waals surface area contributed by atoms with E-state index in [9.17, 15) is 4.39 Å². The summed E-state index contributed by atoms with van der Waals surface area (Å²) in [5.41, 5.74) is 0.600. The van der Waals surface area contributed by atoms with Crippen molar-refractivity contribution >= 4 is 39.0 Å². The minimum absolute atomic E-state index is 0.210. The summed E-state index contributed by atoms with van der Waals surface area (Å²) in [4.78, 5) is 8.67. The van der Waals surface area contributed by atoms with Gasteiger partial charge in [0.1, 0.15) is 22.1 Å². The Morgan fingerprint density at radius 2 is 2.00 bits per heavy atom. The SMILES string of the molecule is CC(C)c1nc(Br)cc(Nc2ccc(F)cc2Cl)n1. The second kappa shape index (κ2) is 5.84. The molecule has 3 nitrogen and oxygen atoms in total. The second-order valence-corrected chi connectivity index (χ2v) is 5.56. The van der Waals surface area contributed by atoms with Gasteiger partial charge in [0.2, 0.25) is 0 Å². The maximum atomic E-state index is 13.0. The molecule has 2 rings (SSSR count). The smallest absolute Gasteiger partial charge is 0.135 e. The van der Waals surface area contributed by atoms with Gasteiger partial charge in [0, 0.05) is 12.0 Å². The van der Waals surface area contributed by atoms with E-state index < -0.39 is 0 Å². The Morgan fingerprint density at radius 3 is 2.63 bits per heavy atom. The Kier molecular flexibility index (Phi) is 4.37. The lowest BCUT2D eigenvalue weighted by Crippen LogP contribution is -2.02. The van der Waals surface area contributed by atoms with Gasteiger partial charge in [-0.25, -0.2) is 14.4 Å². The van der Waals surface area contributed by atoms with Crippen molar-refractivity contribution in [3.05, 3.63) is 45.5 Å². The molecule has 1 aromatic heterocycles. The standard InChI is InChI=1S/C13H12BrClFN3/c1-7(2)13-18-11(14)6-12(19-13)17-10-4-3-8(16)5-9(10)15/h3-7H,1-2H3,(H,17,18,19). The van der Waals surface area contributed by atoms with Crippen LogP contribution >= 0.6 is 27.5 Å². The van der Waals surface area contributed by atoms with Gasteiger partial charge in [-0.3, -0.25) is 0 Å². The minimum Gasteiger partial charge on any atom is -0.339 e. The molecule has 1 aromatic carbocycles. The fourth-order valence-electron chi connectivity index (χ4n) is 1.49. The number of benzene rings is 1. The van der Waals surface area contributed by atoms with Gasteiger partial charge in [0.05, 0.1) is 10.7 Å². The van der Waals surface area contributed by atoms with Crippen molar-refractivity contribution in [1.29, 1.82) is 0 Å². The molecule has 0 aliphatic carbocycles. The molecule has 19 heavy (non-hydrogen) atoms. The summed E-state index contributed by atoms with van der Waals surface area (Å²) in [5.74, 6) is 1.17. The van der Waals surface area contributed by atoms with E-state index in [1.165, 1.54) is 12.1 Å². The van der Waals surface area contributed by atoms with Gasteiger partial charge in [0.25, 0.3) is 0 Å². The quantitative estimate of drug-likeness (QED) is 0.805. The van der Waals surface area contributed by atoms with E-state index in [2.05, 4.69) is 31.2 Å². The number of aromatic nitrogens is 2. The van der Waals surface area contributed by atoms with Gasteiger partial charge >= 0.3 is 0 Å². The predicted molar refractivity (Wildman–Crippen MR) is 78.5 cm³/mol. The van der Waals surface area contributed by atoms with Crippen LogP contribution in [0.5, 0.6) is 0 Å². The Bertz CT molecular complexity index is 604. The molecule has 1 N–H and O–H groups in total. The van der Waals surface area contributed by atoms with Gasteiger partial charge in [-0.05, 0) is 34.1 Å². The van der Waals surface area contributed by atoms with Crippen LogP contribution in [0.2, 0.25) is 5.02 Å². The third-order valence-electron chi connectivity index (χ3n) is 2.42. The average molecular weight is 345 g/mol. The number of nitrogens with one attached hydrogen (secondary N) is 1. The molecule has 0 bridgehead atoms. The lowest BCUT2D eigenvalue weighted by molar-refractivity contribution is 0.628. The number of halogens is 3. The van der Waals surface area contributed by atoms with E-state index in [4.69, 9.17) is 11.6 Å². The Labute approximate surface area is 124 Å². The van der Waals surface area contributed by atoms with Crippen molar-refractivity contribution < 1.29 is 4.39 Å². The fraction of sp³-hybridized carbons (Fsp3) is 0.231. The molecular weight excluding hydrogens is 333 g/mol. The molecular formula is C13H12BrClFN3. The molecule has 0 radical (unpaired) electrons. The van der Waals surface area contributed by atoms with Crippen molar-refractivity contribution in [3.63, 3.8) is 0 Å². The summed E-state index contributed by atoms with van der Waals surface area (Å²) >= 11 is 9.30. The van der Waals surface area contributed by atoms with Gasteiger partial charge in [-0.1, -0.05) is 25.4 Å². The third-order valence-corrected chi connectivity index (χ3v) is 3.14. The van der Waals surface area contributed by atoms with Crippen LogP contribution in [-0.4, -0.2) is 9.97 Å². The summed E-state index contributed by atoms with van der Waals surface area (Å²) in [6, 6.07) is 5.91. The number of rotatable bonds is 3. The lowest BCUT2D eigenvalue weighted by Gasteiger charge is -2.10. The Hall–Kier alpha value is -1.20. The van der Waals surface area contributed by atoms with Crippen LogP contribution in [0.25, 0.3) is 0 Å². The third kappa shape index (κ3) is 3.64. The highest BCUT2D eigenvalue weighted by Gasteiger charge is 2.08. The molecule has 0 aliphatic heterocycles. The molecule has 0 unspecified atom stereocenters. The second-order valence-electron chi connectivity index (χ2n) is 4.34. The van der Waals surface area contributed by atoms with Gasteiger partial charge in [-0.15, -0.1) is 0 Å². The first-order valence-electron chi connectivity index (χ1n) is 5.72. The largest absolute Gasteiger partial charge is 0.339 e. The van der Waals surface area contributed by atoms with Crippen LogP contribution in [0, 0.1) is 5.82 Å². The predicted octanol–water partition coefficient (Wildman–Crippen LogP) is 4.90. The molecule has 0 atom stereocenters. The first kappa shape index (κ1) is 14.2. The monoisotopic (exact) mass is 343 g/mol. The highest BCUT2D eigenvalue weighted by molar-refractivity contribution is 9.10. The molecule has 0 fully saturated rings. The summed E-state index contributed by atoms with van der Waals surface area (Å²) in [6.45, 7) is 4.02. The molecule has 0 saturated heterocycles. The molecule has 0 amide bonds. The molecule has 0 spiro atoms. The molecule has 0 aliphatic rings. The van der Waals surface area contributed by atoms with E-state index in [-0.39, 0.29) is 11.7 Å². The summed E-state index contributed by atoms with van der Waals surface area (Å²) in [5, 5.41) is 3.36. The highest BCUT2D eigenvalue weighted by Crippen LogP contribution is 2.26. The van der Waals surface area contributed by atoms with Gasteiger partial charge in [0.15, 0.2) is 0 Å². The Balaban J connectivity index is 2.32. The van der Waals surface area contributed by atoms with Crippen LogP contribution in [0.3, 0.4) is 0 Å². The molecule has 6 heteroatoms. The van der Waals surface area contributed by atoms with Gasteiger partial charge < -0.3 is 5.32 Å². The van der Waals surface area contributed by atoms with Crippen LogP contribution in [0.4, 0.5) is 15.9 Å². The number of hydrogen-bond acceptors (Lipinski definition) is 3. The fourth-order valence-corrected chi connectivity index (χ4v) is 2.10. The van der Waals surface area contributed by atoms with Gasteiger partial charge in [-0.2, -0.15) is 0 Å². The molecule has 0 saturated carbocycles. The molecule has 2 aromatic rings. The van der Waals surface area contributed by atoms with E-state index in [1.54, 1.807) is 12.1 Å². The summed E-state index contributed by atoms with van der Waals surface area (Å²) in [6.07, 6.45) is 0. The summed E-state index contributed by atoms with van der Waals surface area (Å²) in [7, 11) is 0. The zero-order chi connectivity index (χ0) is 14.0. The first-order valence-corrected chi connectivity index (χ1v) is 6.89. The maximum absolute atomic E-state index is 13.0. The maximum Gasteiger partial charge on any atom is 0.135 e. The number of nitrogens with zero attached hydrogens (tertiary/aromatic N) is 2. The van der Waals surface area contributed by atoms with Crippen molar-refractivity contribution in [1.82, 2.24) is 9.97 Å². The number of anilines is 2. The van der Waals surface area contributed by atoms with Crippen LogP contribution < -0.4 is 5.32 Å². The van der Waals surface area contributed by atoms with Crippen LogP contribution in [0.15, 0.2) is 28.9 Å². The zero-order valence-electron chi connectivity index (χ0n) is 10.4. The summed E-state index contributed by atoms with van der Waals surface area (Å²) < 4.78 is 13.7. The number of hydrogen-bond donors (Lipinski definition) is 1. The van der Waals surface area contributed by atoms with E-state index >= 15 is 0 Å². The highest BCUT2D eigenvalue weighted by atomic mass is 79.9. The first-order chi connectivity index (χ1) is 8.95. The zero-order valence-corrected chi connectivity index (χ0v) is 12.8. The van der Waals surface area contributed by atoms with E-state index in [1.807, 2.05) is 13.8 Å². The average Bonchev–Trinajstić information content (AvgIpc) is 2.32. The normalized spacial score (nSPS) is 10.8. The van der Waals surface area contributed by atoms with E-state index in [0.717, 1.165) is 5.82 Å². The van der Waals surface area contributed by atoms with Crippen LogP contribution in [-0.2, 0) is 0 Å². The van der Waals surface area contributed by atoms with Crippen LogP contribution in [0.1, 0.15) is 25.6 Å². The van der Waals surface area contributed by atoms with Crippen molar-refractivity contribution in [2.24, 2.45) is 0 Å². The minimum atomic E-state index is -0.373. The molecule has 1 heterocycles. The van der Waals surface area contributed by atoms with Crippen molar-refractivity contribution in [2.45, 2.75) is 19.8 Å². The topological polar surface area (TPSA) is 37.8 Å². The molecule has 100 valence electrons.